The van der Waals surface area contributed by atoms with E-state index in [9.17, 15) is 19.5 Å². The van der Waals surface area contributed by atoms with E-state index in [1.165, 1.54) is 23.1 Å². The number of thioether (sulfide) groups is 1. The summed E-state index contributed by atoms with van der Waals surface area (Å²) in [5, 5.41) is 12.0. The van der Waals surface area contributed by atoms with Crippen molar-refractivity contribution >= 4 is 57.7 Å². The molecule has 1 fully saturated rings. The first-order valence-corrected chi connectivity index (χ1v) is 12.5. The number of hydrogen-bond donors (Lipinski definition) is 2. The summed E-state index contributed by atoms with van der Waals surface area (Å²) in [7, 11) is 0. The van der Waals surface area contributed by atoms with Gasteiger partial charge in [0.2, 0.25) is 18.6 Å². The number of carboxylic acids is 1. The van der Waals surface area contributed by atoms with E-state index in [0.717, 1.165) is 17.3 Å². The summed E-state index contributed by atoms with van der Waals surface area (Å²) >= 11 is 7.28. The predicted octanol–water partition coefficient (Wildman–Crippen LogP) is 4.93. The molecular formula is C26H20ClN3O6S. The average Bonchev–Trinajstić information content (AvgIpc) is 3.34. The Balaban J connectivity index is 1.40. The van der Waals surface area contributed by atoms with Gasteiger partial charge in [-0.3, -0.25) is 14.5 Å². The highest BCUT2D eigenvalue weighted by Crippen LogP contribution is 2.35. The Bertz CT molecular complexity index is 1430. The third-order valence-electron chi connectivity index (χ3n) is 5.62. The van der Waals surface area contributed by atoms with Gasteiger partial charge in [0, 0.05) is 17.1 Å². The zero-order valence-corrected chi connectivity index (χ0v) is 20.8. The maximum atomic E-state index is 13.3. The van der Waals surface area contributed by atoms with Crippen molar-refractivity contribution in [1.82, 2.24) is 4.90 Å². The van der Waals surface area contributed by atoms with Crippen LogP contribution < -0.4 is 14.8 Å². The molecule has 0 spiro atoms. The Kier molecular flexibility index (Phi) is 7.02. The molecule has 9 nitrogen and oxygen atoms in total. The van der Waals surface area contributed by atoms with Gasteiger partial charge in [-0.2, -0.15) is 0 Å². The van der Waals surface area contributed by atoms with Crippen molar-refractivity contribution < 1.29 is 29.0 Å². The summed E-state index contributed by atoms with van der Waals surface area (Å²) in [6.45, 7) is 0.363. The van der Waals surface area contributed by atoms with Crippen LogP contribution in [0.2, 0.25) is 5.02 Å². The van der Waals surface area contributed by atoms with Gasteiger partial charge in [0.05, 0.1) is 17.8 Å². The normalized spacial score (nSPS) is 17.6. The molecule has 0 saturated carbocycles. The van der Waals surface area contributed by atoms with Crippen LogP contribution in [0, 0.1) is 0 Å². The number of aromatic carboxylic acids is 1. The Hall–Kier alpha value is -4.02. The number of benzene rings is 3. The van der Waals surface area contributed by atoms with Crippen molar-refractivity contribution in [2.45, 2.75) is 18.2 Å². The second-order valence-electron chi connectivity index (χ2n) is 8.23. The first-order valence-electron chi connectivity index (χ1n) is 11.2. The first kappa shape index (κ1) is 24.7. The zero-order chi connectivity index (χ0) is 25.9. The highest BCUT2D eigenvalue weighted by molar-refractivity contribution is 8.15. The number of rotatable bonds is 6. The number of amidine groups is 1. The van der Waals surface area contributed by atoms with Crippen molar-refractivity contribution in [2.75, 3.05) is 12.1 Å². The first-order chi connectivity index (χ1) is 17.9. The molecule has 2 amide bonds. The molecule has 2 N–H and O–H groups in total. The fourth-order valence-electron chi connectivity index (χ4n) is 3.83. The van der Waals surface area contributed by atoms with Crippen molar-refractivity contribution in [3.05, 3.63) is 82.9 Å². The molecule has 0 aromatic heterocycles. The van der Waals surface area contributed by atoms with Gasteiger partial charge in [-0.25, -0.2) is 9.79 Å². The lowest BCUT2D eigenvalue weighted by atomic mass is 10.1. The van der Waals surface area contributed by atoms with Crippen LogP contribution in [0.25, 0.3) is 0 Å². The SMILES string of the molecule is O=C(O)c1cccc(NC(=O)C2CC(=O)N(Cc3ccc4c(c3)OCO4)C(=Nc3cccc(Cl)c3)S2)c1. The molecule has 0 bridgehead atoms. The van der Waals surface area contributed by atoms with Gasteiger partial charge in [0.25, 0.3) is 0 Å². The third-order valence-corrected chi connectivity index (χ3v) is 7.04. The van der Waals surface area contributed by atoms with Crippen LogP contribution in [-0.4, -0.2) is 45.0 Å². The number of nitrogens with zero attached hydrogens (tertiary/aromatic N) is 2. The molecule has 37 heavy (non-hydrogen) atoms. The van der Waals surface area contributed by atoms with Crippen LogP contribution in [0.1, 0.15) is 22.3 Å². The van der Waals surface area contributed by atoms with E-state index in [0.29, 0.717) is 33.1 Å². The molecule has 2 heterocycles. The van der Waals surface area contributed by atoms with Crippen molar-refractivity contribution in [2.24, 2.45) is 4.99 Å². The second-order valence-corrected chi connectivity index (χ2v) is 9.83. The minimum atomic E-state index is -1.10. The molecule has 2 aliphatic rings. The predicted molar refractivity (Wildman–Crippen MR) is 140 cm³/mol. The Morgan fingerprint density at radius 3 is 2.70 bits per heavy atom. The second kappa shape index (κ2) is 10.5. The molecule has 11 heteroatoms. The standard InChI is InChI=1S/C26H20ClN3O6S/c27-17-4-2-6-19(11-17)29-26-30(13-15-7-8-20-21(9-15)36-14-35-20)23(31)12-22(37-26)24(32)28-18-5-1-3-16(10-18)25(33)34/h1-11,22H,12-14H2,(H,28,32)(H,33,34). The number of amides is 2. The number of hydrogen-bond acceptors (Lipinski definition) is 7. The molecule has 3 aromatic carbocycles. The van der Waals surface area contributed by atoms with Crippen LogP contribution in [0.5, 0.6) is 11.5 Å². The lowest BCUT2D eigenvalue weighted by molar-refractivity contribution is -0.129. The number of anilines is 1. The van der Waals surface area contributed by atoms with Crippen LogP contribution in [-0.2, 0) is 16.1 Å². The Morgan fingerprint density at radius 2 is 1.89 bits per heavy atom. The molecule has 188 valence electrons. The van der Waals surface area contributed by atoms with Crippen molar-refractivity contribution in [1.29, 1.82) is 0 Å². The maximum absolute atomic E-state index is 13.3. The van der Waals surface area contributed by atoms with Crippen LogP contribution in [0.4, 0.5) is 11.4 Å². The average molecular weight is 538 g/mol. The maximum Gasteiger partial charge on any atom is 0.335 e. The Labute approximate surface area is 221 Å². The van der Waals surface area contributed by atoms with Gasteiger partial charge in [0.1, 0.15) is 5.25 Å². The lowest BCUT2D eigenvalue weighted by Gasteiger charge is -2.32. The smallest absolute Gasteiger partial charge is 0.335 e. The molecule has 5 rings (SSSR count). The Morgan fingerprint density at radius 1 is 1.08 bits per heavy atom. The molecule has 1 saturated heterocycles. The van der Waals surface area contributed by atoms with E-state index < -0.39 is 17.1 Å². The van der Waals surface area contributed by atoms with Gasteiger partial charge in [0.15, 0.2) is 16.7 Å². The van der Waals surface area contributed by atoms with Crippen LogP contribution in [0.15, 0.2) is 71.7 Å². The monoisotopic (exact) mass is 537 g/mol. The largest absolute Gasteiger partial charge is 0.478 e. The van der Waals surface area contributed by atoms with E-state index in [1.807, 2.05) is 12.1 Å². The molecular weight excluding hydrogens is 518 g/mol. The molecule has 2 aliphatic heterocycles. The quantitative estimate of drug-likeness (QED) is 0.458. The fourth-order valence-corrected chi connectivity index (χ4v) is 5.11. The van der Waals surface area contributed by atoms with Gasteiger partial charge in [-0.15, -0.1) is 0 Å². The molecule has 3 aromatic rings. The van der Waals surface area contributed by atoms with E-state index in [4.69, 9.17) is 21.1 Å². The van der Waals surface area contributed by atoms with Gasteiger partial charge >= 0.3 is 5.97 Å². The number of fused-ring (bicyclic) bond motifs is 1. The summed E-state index contributed by atoms with van der Waals surface area (Å²) in [4.78, 5) is 43.8. The van der Waals surface area contributed by atoms with E-state index in [2.05, 4.69) is 10.3 Å². The number of halogens is 1. The number of carbonyl (C=O) groups is 3. The molecule has 1 atom stereocenters. The third kappa shape index (κ3) is 5.71. The van der Waals surface area contributed by atoms with Crippen LogP contribution >= 0.6 is 23.4 Å². The number of aliphatic imine (C=N–C) groups is 1. The number of carboxylic acid groups (broad SMARTS) is 1. The topological polar surface area (TPSA) is 118 Å². The van der Waals surface area contributed by atoms with E-state index in [1.54, 1.807) is 36.4 Å². The van der Waals surface area contributed by atoms with E-state index >= 15 is 0 Å². The molecule has 0 radical (unpaired) electrons. The van der Waals surface area contributed by atoms with Gasteiger partial charge in [-0.1, -0.05) is 41.6 Å². The summed E-state index contributed by atoms with van der Waals surface area (Å²) in [5.74, 6) is -0.573. The summed E-state index contributed by atoms with van der Waals surface area (Å²) < 4.78 is 10.8. The number of ether oxygens (including phenoxy) is 2. The van der Waals surface area contributed by atoms with Gasteiger partial charge < -0.3 is 19.9 Å². The highest BCUT2D eigenvalue weighted by Gasteiger charge is 2.36. The fraction of sp³-hybridized carbons (Fsp3) is 0.154. The highest BCUT2D eigenvalue weighted by atomic mass is 35.5. The number of nitrogens with one attached hydrogen (secondary N) is 1. The minimum Gasteiger partial charge on any atom is -0.478 e. The van der Waals surface area contributed by atoms with Crippen molar-refractivity contribution in [3.8, 4) is 11.5 Å². The lowest BCUT2D eigenvalue weighted by Crippen LogP contribution is -2.44. The van der Waals surface area contributed by atoms with Crippen molar-refractivity contribution in [3.63, 3.8) is 0 Å². The summed E-state index contributed by atoms with van der Waals surface area (Å²) in [6.07, 6.45) is -0.0613. The molecule has 1 unspecified atom stereocenters. The van der Waals surface area contributed by atoms with Crippen LogP contribution in [0.3, 0.4) is 0 Å². The molecule has 0 aliphatic carbocycles. The zero-order valence-electron chi connectivity index (χ0n) is 19.2. The number of carbonyl (C=O) groups excluding carboxylic acids is 2. The van der Waals surface area contributed by atoms with Gasteiger partial charge in [-0.05, 0) is 54.1 Å². The van der Waals surface area contributed by atoms with E-state index in [-0.39, 0.29) is 31.2 Å². The minimum absolute atomic E-state index is 0.0447. The summed E-state index contributed by atoms with van der Waals surface area (Å²) in [5.41, 5.74) is 1.72. The summed E-state index contributed by atoms with van der Waals surface area (Å²) in [6, 6.07) is 18.3.